The van der Waals surface area contributed by atoms with E-state index in [2.05, 4.69) is 4.72 Å². The molecule has 0 radical (unpaired) electrons. The van der Waals surface area contributed by atoms with Gasteiger partial charge in [-0.15, -0.1) is 0 Å². The fourth-order valence-corrected chi connectivity index (χ4v) is 2.65. The lowest BCUT2D eigenvalue weighted by Gasteiger charge is -2.11. The summed E-state index contributed by atoms with van der Waals surface area (Å²) in [6, 6.07) is 8.72. The minimum absolute atomic E-state index is 0.00194. The van der Waals surface area contributed by atoms with Crippen molar-refractivity contribution in [2.24, 2.45) is 0 Å². The fraction of sp³-hybridized carbons (Fsp3) is 0.333. The van der Waals surface area contributed by atoms with E-state index in [0.717, 1.165) is 0 Å². The van der Waals surface area contributed by atoms with Crippen LogP contribution in [-0.2, 0) is 10.0 Å². The van der Waals surface area contributed by atoms with Gasteiger partial charge in [-0.05, 0) is 24.6 Å². The molecule has 0 aromatic heterocycles. The first kappa shape index (κ1) is 14.2. The number of sulfonamides is 1. The van der Waals surface area contributed by atoms with Crippen molar-refractivity contribution in [2.45, 2.75) is 30.7 Å². The first-order chi connectivity index (χ1) is 8.53. The number of nitriles is 2. The van der Waals surface area contributed by atoms with Gasteiger partial charge in [-0.25, -0.2) is 8.42 Å². The average molecular weight is 263 g/mol. The number of nitrogens with one attached hydrogen (secondary N) is 1. The predicted octanol–water partition coefficient (Wildman–Crippen LogP) is 1.53. The molecule has 0 fully saturated rings. The lowest BCUT2D eigenvalue weighted by atomic mass is 10.2. The molecule has 1 aromatic rings. The Morgan fingerprint density at radius 1 is 1.39 bits per heavy atom. The van der Waals surface area contributed by atoms with Crippen LogP contribution >= 0.6 is 0 Å². The quantitative estimate of drug-likeness (QED) is 0.871. The maximum atomic E-state index is 12.0. The molecule has 0 amide bonds. The summed E-state index contributed by atoms with van der Waals surface area (Å²) >= 11 is 0. The summed E-state index contributed by atoms with van der Waals surface area (Å²) in [6.45, 7) is 1.87. The molecule has 1 rings (SSSR count). The van der Waals surface area contributed by atoms with Gasteiger partial charge in [0.05, 0.1) is 22.6 Å². The molecule has 1 unspecified atom stereocenters. The molecule has 0 heterocycles. The second-order valence-electron chi connectivity index (χ2n) is 3.73. The summed E-state index contributed by atoms with van der Waals surface area (Å²) in [7, 11) is -3.75. The molecule has 1 aromatic carbocycles. The minimum atomic E-state index is -3.75. The Kier molecular flexibility index (Phi) is 4.85. The van der Waals surface area contributed by atoms with E-state index in [1.165, 1.54) is 24.3 Å². The van der Waals surface area contributed by atoms with Gasteiger partial charge >= 0.3 is 0 Å². The molecule has 94 valence electrons. The number of hydrogen-bond donors (Lipinski definition) is 1. The van der Waals surface area contributed by atoms with E-state index in [1.807, 2.05) is 19.1 Å². The van der Waals surface area contributed by atoms with Gasteiger partial charge in [-0.2, -0.15) is 15.2 Å². The Labute approximate surface area is 107 Å². The number of benzene rings is 1. The normalized spacial score (nSPS) is 12.4. The highest BCUT2D eigenvalue weighted by atomic mass is 32.2. The Morgan fingerprint density at radius 2 is 2.11 bits per heavy atom. The van der Waals surface area contributed by atoms with Crippen LogP contribution in [0.2, 0.25) is 0 Å². The van der Waals surface area contributed by atoms with Crippen LogP contribution in [0.1, 0.15) is 25.3 Å². The van der Waals surface area contributed by atoms with E-state index < -0.39 is 16.1 Å². The van der Waals surface area contributed by atoms with Crippen LogP contribution in [-0.4, -0.2) is 14.5 Å². The number of rotatable bonds is 5. The van der Waals surface area contributed by atoms with E-state index in [-0.39, 0.29) is 10.5 Å². The van der Waals surface area contributed by atoms with Crippen LogP contribution in [0.25, 0.3) is 0 Å². The summed E-state index contributed by atoms with van der Waals surface area (Å²) < 4.78 is 26.3. The zero-order valence-electron chi connectivity index (χ0n) is 9.92. The standard InChI is InChI=1S/C12H13N3O2S/c1-2-4-11(9-14)15-18(16,17)12-6-3-5-10(7-12)8-13/h3,5-7,11,15H,2,4H2,1H3. The monoisotopic (exact) mass is 263 g/mol. The highest BCUT2D eigenvalue weighted by molar-refractivity contribution is 7.89. The minimum Gasteiger partial charge on any atom is -0.207 e. The first-order valence-electron chi connectivity index (χ1n) is 5.45. The van der Waals surface area contributed by atoms with Gasteiger partial charge in [-0.1, -0.05) is 19.4 Å². The molecular weight excluding hydrogens is 250 g/mol. The molecule has 1 N–H and O–H groups in total. The molecule has 5 nitrogen and oxygen atoms in total. The number of hydrogen-bond acceptors (Lipinski definition) is 4. The van der Waals surface area contributed by atoms with Crippen LogP contribution in [0.4, 0.5) is 0 Å². The molecule has 1 atom stereocenters. The molecule has 0 aliphatic heterocycles. The van der Waals surface area contributed by atoms with E-state index in [9.17, 15) is 8.42 Å². The summed E-state index contributed by atoms with van der Waals surface area (Å²) in [5.74, 6) is 0. The fourth-order valence-electron chi connectivity index (χ4n) is 1.43. The van der Waals surface area contributed by atoms with Crippen molar-refractivity contribution in [1.29, 1.82) is 10.5 Å². The van der Waals surface area contributed by atoms with Crippen LogP contribution in [0.5, 0.6) is 0 Å². The van der Waals surface area contributed by atoms with Crippen molar-refractivity contribution in [2.75, 3.05) is 0 Å². The summed E-state index contributed by atoms with van der Waals surface area (Å²) in [4.78, 5) is -0.00194. The second-order valence-corrected chi connectivity index (χ2v) is 5.45. The Morgan fingerprint density at radius 3 is 2.67 bits per heavy atom. The van der Waals surface area contributed by atoms with Crippen LogP contribution in [0, 0.1) is 22.7 Å². The lowest BCUT2D eigenvalue weighted by molar-refractivity contribution is 0.563. The molecule has 18 heavy (non-hydrogen) atoms. The predicted molar refractivity (Wildman–Crippen MR) is 65.8 cm³/mol. The largest absolute Gasteiger partial charge is 0.241 e. The van der Waals surface area contributed by atoms with E-state index >= 15 is 0 Å². The van der Waals surface area contributed by atoms with E-state index in [1.54, 1.807) is 0 Å². The molecule has 0 bridgehead atoms. The zero-order chi connectivity index (χ0) is 13.6. The molecule has 0 saturated carbocycles. The summed E-state index contributed by atoms with van der Waals surface area (Å²) in [6.07, 6.45) is 1.16. The highest BCUT2D eigenvalue weighted by Gasteiger charge is 2.19. The van der Waals surface area contributed by atoms with Gasteiger partial charge in [0, 0.05) is 0 Å². The first-order valence-corrected chi connectivity index (χ1v) is 6.94. The zero-order valence-corrected chi connectivity index (χ0v) is 10.7. The maximum absolute atomic E-state index is 12.0. The van der Waals surface area contributed by atoms with Gasteiger partial charge in [0.2, 0.25) is 10.0 Å². The maximum Gasteiger partial charge on any atom is 0.241 e. The van der Waals surface area contributed by atoms with Crippen LogP contribution in [0.15, 0.2) is 29.2 Å². The lowest BCUT2D eigenvalue weighted by Crippen LogP contribution is -2.33. The van der Waals surface area contributed by atoms with Crippen molar-refractivity contribution in [3.05, 3.63) is 29.8 Å². The molecule has 0 saturated heterocycles. The van der Waals surface area contributed by atoms with Gasteiger partial charge in [0.15, 0.2) is 0 Å². The molecule has 6 heteroatoms. The Hall–Kier alpha value is -1.89. The van der Waals surface area contributed by atoms with Crippen molar-refractivity contribution in [3.63, 3.8) is 0 Å². The molecule has 0 aliphatic carbocycles. The summed E-state index contributed by atoms with van der Waals surface area (Å²) in [5, 5.41) is 17.6. The van der Waals surface area contributed by atoms with Crippen molar-refractivity contribution in [3.8, 4) is 12.1 Å². The highest BCUT2D eigenvalue weighted by Crippen LogP contribution is 2.12. The molecular formula is C12H13N3O2S. The van der Waals surface area contributed by atoms with E-state index in [0.29, 0.717) is 12.8 Å². The third-order valence-corrected chi connectivity index (χ3v) is 3.77. The molecule has 0 aliphatic rings. The average Bonchev–Trinajstić information content (AvgIpc) is 2.38. The molecule has 0 spiro atoms. The van der Waals surface area contributed by atoms with Gasteiger partial charge < -0.3 is 0 Å². The summed E-state index contributed by atoms with van der Waals surface area (Å²) in [5.41, 5.74) is 0.266. The van der Waals surface area contributed by atoms with Crippen LogP contribution < -0.4 is 4.72 Å². The van der Waals surface area contributed by atoms with Gasteiger partial charge in [0.1, 0.15) is 6.04 Å². The van der Waals surface area contributed by atoms with Crippen LogP contribution in [0.3, 0.4) is 0 Å². The number of nitrogens with zero attached hydrogens (tertiary/aromatic N) is 2. The third kappa shape index (κ3) is 3.56. The van der Waals surface area contributed by atoms with Gasteiger partial charge in [0.25, 0.3) is 0 Å². The van der Waals surface area contributed by atoms with Crippen molar-refractivity contribution in [1.82, 2.24) is 4.72 Å². The topological polar surface area (TPSA) is 93.8 Å². The third-order valence-electron chi connectivity index (χ3n) is 2.30. The second kappa shape index (κ2) is 6.15. The smallest absolute Gasteiger partial charge is 0.207 e. The van der Waals surface area contributed by atoms with E-state index in [4.69, 9.17) is 10.5 Å². The Bertz CT molecular complexity index is 596. The van der Waals surface area contributed by atoms with Crippen molar-refractivity contribution < 1.29 is 8.42 Å². The van der Waals surface area contributed by atoms with Crippen molar-refractivity contribution >= 4 is 10.0 Å². The Balaban J connectivity index is 3.00. The SMILES string of the molecule is CCCC(C#N)NS(=O)(=O)c1cccc(C#N)c1. The van der Waals surface area contributed by atoms with Gasteiger partial charge in [-0.3, -0.25) is 0 Å².